The van der Waals surface area contributed by atoms with Crippen LogP contribution in [0.2, 0.25) is 0 Å². The Morgan fingerprint density at radius 2 is 1.63 bits per heavy atom. The molecule has 6 rings (SSSR count). The molecular weight excluding hydrogens is 324 g/mol. The quantitative estimate of drug-likeness (QED) is 0.466. The Labute approximate surface area is 163 Å². The molecule has 0 radical (unpaired) electrons. The monoisotopic (exact) mass is 352 g/mol. The van der Waals surface area contributed by atoms with Crippen LogP contribution < -0.4 is 0 Å². The largest absolute Gasteiger partial charge is 0.0839 e. The maximum Gasteiger partial charge on any atom is 0.0270 e. The average molecular weight is 353 g/mol. The zero-order valence-electron chi connectivity index (χ0n) is 16.3. The van der Waals surface area contributed by atoms with Crippen LogP contribution in [0.25, 0.3) is 0 Å². The van der Waals surface area contributed by atoms with E-state index in [0.717, 1.165) is 0 Å². The molecule has 2 saturated carbocycles. The molecule has 0 bridgehead atoms. The first-order valence-electron chi connectivity index (χ1n) is 10.7. The third-order valence-electron chi connectivity index (χ3n) is 8.23. The van der Waals surface area contributed by atoms with E-state index >= 15 is 0 Å². The second-order valence-electron chi connectivity index (χ2n) is 9.40. The molecule has 7 unspecified atom stereocenters. The molecule has 6 aliphatic carbocycles. The molecule has 0 amide bonds. The van der Waals surface area contributed by atoms with Crippen molar-refractivity contribution in [2.45, 2.75) is 26.7 Å². The smallest absolute Gasteiger partial charge is 0.0270 e. The van der Waals surface area contributed by atoms with Crippen LogP contribution in [0.1, 0.15) is 26.7 Å². The Morgan fingerprint density at radius 1 is 0.815 bits per heavy atom. The van der Waals surface area contributed by atoms with Gasteiger partial charge < -0.3 is 0 Å². The van der Waals surface area contributed by atoms with Crippen molar-refractivity contribution in [1.29, 1.82) is 0 Å². The molecule has 0 heteroatoms. The lowest BCUT2D eigenvalue weighted by molar-refractivity contribution is 0.248. The molecule has 0 aromatic carbocycles. The Balaban J connectivity index is 1.66. The molecule has 6 aliphatic rings. The fraction of sp³-hybridized carbons (Fsp3) is 0.407. The molecule has 136 valence electrons. The summed E-state index contributed by atoms with van der Waals surface area (Å²) in [5, 5.41) is 0. The summed E-state index contributed by atoms with van der Waals surface area (Å²) >= 11 is 0. The normalized spacial score (nSPS) is 45.6. The highest BCUT2D eigenvalue weighted by Gasteiger charge is 2.66. The molecule has 1 spiro atoms. The van der Waals surface area contributed by atoms with Crippen molar-refractivity contribution in [3.8, 4) is 0 Å². The summed E-state index contributed by atoms with van der Waals surface area (Å²) in [6.45, 7) is 4.58. The maximum absolute atomic E-state index is 2.63. The zero-order chi connectivity index (χ0) is 18.2. The van der Waals surface area contributed by atoms with Crippen molar-refractivity contribution in [1.82, 2.24) is 0 Å². The lowest BCUT2D eigenvalue weighted by Crippen LogP contribution is -2.36. The topological polar surface area (TPSA) is 0 Å². The molecular formula is C27H28. The van der Waals surface area contributed by atoms with Crippen molar-refractivity contribution >= 4 is 0 Å². The molecule has 0 nitrogen and oxygen atoms in total. The van der Waals surface area contributed by atoms with Crippen LogP contribution in [0.3, 0.4) is 0 Å². The first-order chi connectivity index (χ1) is 13.2. The summed E-state index contributed by atoms with van der Waals surface area (Å²) in [7, 11) is 0. The van der Waals surface area contributed by atoms with Crippen molar-refractivity contribution in [3.05, 3.63) is 95.2 Å². The number of hydrogen-bond acceptors (Lipinski definition) is 0. The Bertz CT molecular complexity index is 941. The van der Waals surface area contributed by atoms with Crippen molar-refractivity contribution < 1.29 is 0 Å². The van der Waals surface area contributed by atoms with E-state index in [0.29, 0.717) is 35.5 Å². The van der Waals surface area contributed by atoms with Crippen LogP contribution in [-0.2, 0) is 0 Å². The van der Waals surface area contributed by atoms with Crippen molar-refractivity contribution in [3.63, 3.8) is 0 Å². The number of allylic oxidation sites excluding steroid dienone is 16. The van der Waals surface area contributed by atoms with Crippen molar-refractivity contribution in [2.24, 2.45) is 40.9 Å². The Hall–Kier alpha value is -2.08. The van der Waals surface area contributed by atoms with E-state index in [1.807, 2.05) is 0 Å². The van der Waals surface area contributed by atoms with Gasteiger partial charge in [-0.2, -0.15) is 0 Å². The summed E-state index contributed by atoms with van der Waals surface area (Å²) in [6.07, 6.45) is 31.9. The van der Waals surface area contributed by atoms with E-state index in [2.05, 4.69) is 86.8 Å². The van der Waals surface area contributed by atoms with Crippen LogP contribution >= 0.6 is 0 Å². The van der Waals surface area contributed by atoms with E-state index in [1.54, 1.807) is 11.1 Å². The first-order valence-corrected chi connectivity index (χ1v) is 10.7. The summed E-state index contributed by atoms with van der Waals surface area (Å²) in [4.78, 5) is 0. The van der Waals surface area contributed by atoms with E-state index in [9.17, 15) is 0 Å². The Kier molecular flexibility index (Phi) is 3.23. The summed E-state index contributed by atoms with van der Waals surface area (Å²) in [6, 6.07) is 0. The highest BCUT2D eigenvalue weighted by molar-refractivity contribution is 5.55. The molecule has 27 heavy (non-hydrogen) atoms. The summed E-state index contributed by atoms with van der Waals surface area (Å²) in [5.41, 5.74) is 6.56. The predicted molar refractivity (Wildman–Crippen MR) is 113 cm³/mol. The highest BCUT2D eigenvalue weighted by Crippen LogP contribution is 2.73. The minimum Gasteiger partial charge on any atom is -0.0839 e. The van der Waals surface area contributed by atoms with Crippen LogP contribution in [0, 0.1) is 40.9 Å². The van der Waals surface area contributed by atoms with E-state index in [4.69, 9.17) is 0 Å². The van der Waals surface area contributed by atoms with Gasteiger partial charge in [-0.1, -0.05) is 95.2 Å². The molecule has 0 aromatic heterocycles. The molecule has 2 fully saturated rings. The standard InChI is InChI=1S/C27H28/c1-17-11-13-21-22-14-12-18(2)16-26(22)27(25(21)15-17)23-9-5-3-7-19(23)20-8-4-6-10-24(20)27/h3-7,9-13,15-16,19-23,25H,8,14H2,1-2H3. The van der Waals surface area contributed by atoms with Crippen LogP contribution in [0.5, 0.6) is 0 Å². The number of rotatable bonds is 0. The molecule has 0 aromatic rings. The number of hydrogen-bond donors (Lipinski definition) is 0. The lowest BCUT2D eigenvalue weighted by Gasteiger charge is -2.42. The minimum atomic E-state index is 0.179. The second-order valence-corrected chi connectivity index (χ2v) is 9.40. The van der Waals surface area contributed by atoms with Crippen LogP contribution in [0.4, 0.5) is 0 Å². The third-order valence-corrected chi connectivity index (χ3v) is 8.23. The molecule has 7 atom stereocenters. The second kappa shape index (κ2) is 5.47. The SMILES string of the molecule is CC1=CCC2C(=C1)C1(C3=CC=CCC3C3C=CC=CC31)C1C=C(C)C=CC21. The van der Waals surface area contributed by atoms with Gasteiger partial charge in [0, 0.05) is 5.41 Å². The van der Waals surface area contributed by atoms with Crippen molar-refractivity contribution in [2.75, 3.05) is 0 Å². The lowest BCUT2D eigenvalue weighted by atomic mass is 9.61. The van der Waals surface area contributed by atoms with Gasteiger partial charge in [0.15, 0.2) is 0 Å². The van der Waals surface area contributed by atoms with Gasteiger partial charge in [-0.3, -0.25) is 0 Å². The fourth-order valence-electron chi connectivity index (χ4n) is 7.37. The summed E-state index contributed by atoms with van der Waals surface area (Å²) in [5.74, 6) is 3.84. The van der Waals surface area contributed by atoms with Gasteiger partial charge in [0.1, 0.15) is 0 Å². The fourth-order valence-corrected chi connectivity index (χ4v) is 7.37. The first kappa shape index (κ1) is 15.9. The van der Waals surface area contributed by atoms with Gasteiger partial charge in [0.2, 0.25) is 0 Å². The van der Waals surface area contributed by atoms with Crippen LogP contribution in [0.15, 0.2) is 95.2 Å². The zero-order valence-corrected chi connectivity index (χ0v) is 16.3. The van der Waals surface area contributed by atoms with Gasteiger partial charge in [-0.25, -0.2) is 0 Å². The van der Waals surface area contributed by atoms with Gasteiger partial charge in [-0.15, -0.1) is 0 Å². The third kappa shape index (κ3) is 1.89. The highest BCUT2D eigenvalue weighted by atomic mass is 14.7. The molecule has 0 aliphatic heterocycles. The number of fused-ring (bicyclic) bond motifs is 10. The maximum atomic E-state index is 2.63. The predicted octanol–water partition coefficient (Wildman–Crippen LogP) is 6.50. The van der Waals surface area contributed by atoms with Gasteiger partial charge in [0.05, 0.1) is 0 Å². The average Bonchev–Trinajstić information content (AvgIpc) is 3.14. The van der Waals surface area contributed by atoms with E-state index in [-0.39, 0.29) is 5.41 Å². The molecule has 0 saturated heterocycles. The van der Waals surface area contributed by atoms with E-state index in [1.165, 1.54) is 24.0 Å². The molecule has 0 N–H and O–H groups in total. The van der Waals surface area contributed by atoms with E-state index < -0.39 is 0 Å². The van der Waals surface area contributed by atoms with Gasteiger partial charge in [-0.05, 0) is 62.2 Å². The minimum absolute atomic E-state index is 0.179. The van der Waals surface area contributed by atoms with Gasteiger partial charge in [0.25, 0.3) is 0 Å². The Morgan fingerprint density at radius 3 is 2.56 bits per heavy atom. The van der Waals surface area contributed by atoms with Crippen LogP contribution in [-0.4, -0.2) is 0 Å². The summed E-state index contributed by atoms with van der Waals surface area (Å²) < 4.78 is 0. The van der Waals surface area contributed by atoms with Gasteiger partial charge >= 0.3 is 0 Å². The molecule has 0 heterocycles.